The summed E-state index contributed by atoms with van der Waals surface area (Å²) in [6.07, 6.45) is 2.80. The summed E-state index contributed by atoms with van der Waals surface area (Å²) in [4.78, 5) is 29.4. The second kappa shape index (κ2) is 6.57. The number of hydrogen-bond acceptors (Lipinski definition) is 4. The Morgan fingerprint density at radius 1 is 1.04 bits per heavy atom. The van der Waals surface area contributed by atoms with Crippen LogP contribution in [0.5, 0.6) is 0 Å². The van der Waals surface area contributed by atoms with Gasteiger partial charge in [-0.3, -0.25) is 14.2 Å². The number of benzene rings is 2. The van der Waals surface area contributed by atoms with Crippen LogP contribution in [0.4, 0.5) is 0 Å². The standard InChI is InChI=1S/C19H13ClN4O2/c20-15-8-4-5-9-16(15)24-18-14(10-22-24)19(26)23(12-21-18)11-17(25)13-6-2-1-3-7-13/h1-10,12H,11H2. The van der Waals surface area contributed by atoms with E-state index in [2.05, 4.69) is 10.1 Å². The van der Waals surface area contributed by atoms with E-state index >= 15 is 0 Å². The maximum atomic E-state index is 12.7. The van der Waals surface area contributed by atoms with Crippen LogP contribution in [0.25, 0.3) is 16.7 Å². The molecule has 7 heteroatoms. The fourth-order valence-corrected chi connectivity index (χ4v) is 2.95. The zero-order valence-electron chi connectivity index (χ0n) is 13.5. The van der Waals surface area contributed by atoms with E-state index in [9.17, 15) is 9.59 Å². The summed E-state index contributed by atoms with van der Waals surface area (Å²) in [6.45, 7) is -0.0803. The quantitative estimate of drug-likeness (QED) is 0.522. The van der Waals surface area contributed by atoms with Crippen LogP contribution in [-0.4, -0.2) is 25.1 Å². The predicted molar refractivity (Wildman–Crippen MR) is 98.9 cm³/mol. The maximum absolute atomic E-state index is 12.7. The van der Waals surface area contributed by atoms with Gasteiger partial charge in [0.15, 0.2) is 11.4 Å². The molecule has 2 aromatic heterocycles. The zero-order valence-corrected chi connectivity index (χ0v) is 14.3. The summed E-state index contributed by atoms with van der Waals surface area (Å²) in [7, 11) is 0. The predicted octanol–water partition coefficient (Wildman–Crippen LogP) is 3.12. The molecular formula is C19H13ClN4O2. The molecular weight excluding hydrogens is 352 g/mol. The number of aromatic nitrogens is 4. The molecule has 0 amide bonds. The van der Waals surface area contributed by atoms with Gasteiger partial charge in [0.25, 0.3) is 5.56 Å². The van der Waals surface area contributed by atoms with Gasteiger partial charge in [-0.15, -0.1) is 0 Å². The van der Waals surface area contributed by atoms with Gasteiger partial charge in [-0.1, -0.05) is 54.1 Å². The highest BCUT2D eigenvalue weighted by molar-refractivity contribution is 6.32. The summed E-state index contributed by atoms with van der Waals surface area (Å²) in [5.74, 6) is -0.160. The Hall–Kier alpha value is -3.25. The molecule has 4 aromatic rings. The molecule has 26 heavy (non-hydrogen) atoms. The van der Waals surface area contributed by atoms with Crippen LogP contribution >= 0.6 is 11.6 Å². The summed E-state index contributed by atoms with van der Waals surface area (Å²) < 4.78 is 2.80. The topological polar surface area (TPSA) is 69.8 Å². The molecule has 0 saturated carbocycles. The molecule has 0 fully saturated rings. The molecule has 0 spiro atoms. The van der Waals surface area contributed by atoms with Crippen molar-refractivity contribution in [2.24, 2.45) is 0 Å². The number of hydrogen-bond donors (Lipinski definition) is 0. The van der Waals surface area contributed by atoms with E-state index in [1.165, 1.54) is 21.8 Å². The van der Waals surface area contributed by atoms with Crippen LogP contribution in [-0.2, 0) is 6.54 Å². The van der Waals surface area contributed by atoms with Gasteiger partial charge in [0.2, 0.25) is 0 Å². The van der Waals surface area contributed by atoms with E-state index in [1.54, 1.807) is 36.4 Å². The Labute approximate surface area is 153 Å². The second-order valence-electron chi connectivity index (χ2n) is 5.71. The van der Waals surface area contributed by atoms with E-state index in [-0.39, 0.29) is 17.9 Å². The fraction of sp³-hybridized carbons (Fsp3) is 0.0526. The highest BCUT2D eigenvalue weighted by Gasteiger charge is 2.15. The Morgan fingerprint density at radius 2 is 1.77 bits per heavy atom. The number of Topliss-reactive ketones (excluding diaryl/α,β-unsaturated/α-hetero) is 1. The van der Waals surface area contributed by atoms with E-state index < -0.39 is 0 Å². The number of carbonyl (C=O) groups is 1. The minimum atomic E-state index is -0.322. The average Bonchev–Trinajstić information content (AvgIpc) is 3.10. The summed E-state index contributed by atoms with van der Waals surface area (Å²) in [5, 5.41) is 5.07. The van der Waals surface area contributed by atoms with Crippen molar-refractivity contribution in [3.05, 3.63) is 88.1 Å². The van der Waals surface area contributed by atoms with Gasteiger partial charge in [-0.25, -0.2) is 9.67 Å². The number of fused-ring (bicyclic) bond motifs is 1. The van der Waals surface area contributed by atoms with Crippen molar-refractivity contribution < 1.29 is 4.79 Å². The Kier molecular flexibility index (Phi) is 4.10. The van der Waals surface area contributed by atoms with Crippen molar-refractivity contribution in [1.82, 2.24) is 19.3 Å². The van der Waals surface area contributed by atoms with Crippen molar-refractivity contribution in [2.45, 2.75) is 6.54 Å². The minimum absolute atomic E-state index is 0.0803. The van der Waals surface area contributed by atoms with E-state index in [4.69, 9.17) is 11.6 Å². The highest BCUT2D eigenvalue weighted by atomic mass is 35.5. The van der Waals surface area contributed by atoms with Crippen LogP contribution in [0.1, 0.15) is 10.4 Å². The van der Waals surface area contributed by atoms with E-state index in [0.29, 0.717) is 27.3 Å². The molecule has 0 bridgehead atoms. The molecule has 0 aliphatic rings. The van der Waals surface area contributed by atoms with Gasteiger partial charge in [0, 0.05) is 5.56 Å². The number of halogens is 1. The first-order valence-electron chi connectivity index (χ1n) is 7.91. The van der Waals surface area contributed by atoms with Gasteiger partial charge in [-0.05, 0) is 12.1 Å². The SMILES string of the molecule is O=C(Cn1cnc2c(cnn2-c2ccccc2Cl)c1=O)c1ccccc1. The Bertz CT molecular complexity index is 1170. The van der Waals surface area contributed by atoms with Crippen LogP contribution < -0.4 is 5.56 Å². The molecule has 2 heterocycles. The molecule has 128 valence electrons. The number of nitrogens with zero attached hydrogens (tertiary/aromatic N) is 4. The first-order valence-corrected chi connectivity index (χ1v) is 8.29. The molecule has 6 nitrogen and oxygen atoms in total. The highest BCUT2D eigenvalue weighted by Crippen LogP contribution is 2.21. The first kappa shape index (κ1) is 16.2. The summed E-state index contributed by atoms with van der Waals surface area (Å²) >= 11 is 6.21. The first-order chi connectivity index (χ1) is 12.6. The van der Waals surface area contributed by atoms with Gasteiger partial charge in [-0.2, -0.15) is 5.10 Å². The summed E-state index contributed by atoms with van der Waals surface area (Å²) in [5.41, 5.74) is 1.25. The van der Waals surface area contributed by atoms with Crippen LogP contribution in [0.3, 0.4) is 0 Å². The van der Waals surface area contributed by atoms with Crippen molar-refractivity contribution in [3.8, 4) is 5.69 Å². The molecule has 2 aromatic carbocycles. The normalized spacial score (nSPS) is 11.0. The molecule has 0 aliphatic heterocycles. The van der Waals surface area contributed by atoms with Gasteiger partial charge >= 0.3 is 0 Å². The van der Waals surface area contributed by atoms with E-state index in [1.807, 2.05) is 18.2 Å². The summed E-state index contributed by atoms with van der Waals surface area (Å²) in [6, 6.07) is 16.0. The van der Waals surface area contributed by atoms with Crippen molar-refractivity contribution in [1.29, 1.82) is 0 Å². The average molecular weight is 365 g/mol. The van der Waals surface area contributed by atoms with Crippen molar-refractivity contribution in [2.75, 3.05) is 0 Å². The lowest BCUT2D eigenvalue weighted by molar-refractivity contribution is 0.0970. The zero-order chi connectivity index (χ0) is 18.1. The van der Waals surface area contributed by atoms with Gasteiger partial charge < -0.3 is 0 Å². The molecule has 0 aliphatic carbocycles. The lowest BCUT2D eigenvalue weighted by Gasteiger charge is -2.07. The molecule has 0 unspecified atom stereocenters. The molecule has 0 atom stereocenters. The van der Waals surface area contributed by atoms with Crippen LogP contribution in [0.2, 0.25) is 5.02 Å². The molecule has 0 radical (unpaired) electrons. The molecule has 0 N–H and O–H groups in total. The van der Waals surface area contributed by atoms with Gasteiger partial charge in [0.05, 0.1) is 23.5 Å². The molecule has 0 saturated heterocycles. The van der Waals surface area contributed by atoms with Gasteiger partial charge in [0.1, 0.15) is 11.7 Å². The number of para-hydroxylation sites is 1. The third-order valence-electron chi connectivity index (χ3n) is 4.04. The van der Waals surface area contributed by atoms with Crippen LogP contribution in [0.15, 0.2) is 71.9 Å². The lowest BCUT2D eigenvalue weighted by atomic mass is 10.1. The largest absolute Gasteiger partial charge is 0.292 e. The Morgan fingerprint density at radius 3 is 2.54 bits per heavy atom. The monoisotopic (exact) mass is 364 g/mol. The molecule has 4 rings (SSSR count). The Balaban J connectivity index is 1.74. The minimum Gasteiger partial charge on any atom is -0.292 e. The third kappa shape index (κ3) is 2.80. The smallest absolute Gasteiger partial charge is 0.264 e. The van der Waals surface area contributed by atoms with Crippen molar-refractivity contribution in [3.63, 3.8) is 0 Å². The number of ketones is 1. The van der Waals surface area contributed by atoms with Crippen molar-refractivity contribution >= 4 is 28.4 Å². The second-order valence-corrected chi connectivity index (χ2v) is 6.12. The third-order valence-corrected chi connectivity index (χ3v) is 4.36. The number of rotatable bonds is 4. The number of carbonyl (C=O) groups excluding carboxylic acids is 1. The van der Waals surface area contributed by atoms with E-state index in [0.717, 1.165) is 0 Å². The lowest BCUT2D eigenvalue weighted by Crippen LogP contribution is -2.24. The van der Waals surface area contributed by atoms with Crippen LogP contribution in [0, 0.1) is 0 Å². The fourth-order valence-electron chi connectivity index (χ4n) is 2.73. The maximum Gasteiger partial charge on any atom is 0.264 e.